The summed E-state index contributed by atoms with van der Waals surface area (Å²) in [4.78, 5) is 4.19. The second kappa shape index (κ2) is 6.02. The maximum Gasteiger partial charge on any atom is 0.265 e. The number of hydrogen-bond acceptors (Lipinski definition) is 5. The SMILES string of the molecule is Cn1ccc(CC(OS(C)(=O)=O)c2ccc(Br)cn2)n1. The highest BCUT2D eigenvalue weighted by molar-refractivity contribution is 9.10. The van der Waals surface area contributed by atoms with Crippen LogP contribution in [0.1, 0.15) is 17.5 Å². The van der Waals surface area contributed by atoms with Crippen molar-refractivity contribution in [1.82, 2.24) is 14.8 Å². The molecule has 1 unspecified atom stereocenters. The summed E-state index contributed by atoms with van der Waals surface area (Å²) >= 11 is 3.29. The summed E-state index contributed by atoms with van der Waals surface area (Å²) in [5.74, 6) is 0. The summed E-state index contributed by atoms with van der Waals surface area (Å²) in [6, 6.07) is 5.33. The predicted octanol–water partition coefficient (Wildman–Crippen LogP) is 1.84. The molecule has 0 saturated heterocycles. The first-order valence-electron chi connectivity index (χ1n) is 5.82. The summed E-state index contributed by atoms with van der Waals surface area (Å²) < 4.78 is 30.4. The van der Waals surface area contributed by atoms with Crippen LogP contribution in [0.25, 0.3) is 0 Å². The van der Waals surface area contributed by atoms with Gasteiger partial charge >= 0.3 is 0 Å². The number of nitrogens with zero attached hydrogens (tertiary/aromatic N) is 3. The van der Waals surface area contributed by atoms with Crippen molar-refractivity contribution in [2.24, 2.45) is 7.05 Å². The molecule has 2 aromatic heterocycles. The standard InChI is InChI=1S/C12H14BrN3O3S/c1-16-6-5-10(15-16)7-12(19-20(2,17)18)11-4-3-9(13)8-14-11/h3-6,8,12H,7H2,1-2H3. The molecular weight excluding hydrogens is 346 g/mol. The van der Waals surface area contributed by atoms with Gasteiger partial charge in [0, 0.05) is 30.3 Å². The van der Waals surface area contributed by atoms with Gasteiger partial charge in [0.1, 0.15) is 6.10 Å². The lowest BCUT2D eigenvalue weighted by Crippen LogP contribution is -2.14. The molecule has 2 rings (SSSR count). The van der Waals surface area contributed by atoms with E-state index in [9.17, 15) is 8.42 Å². The van der Waals surface area contributed by atoms with Gasteiger partial charge in [-0.1, -0.05) is 0 Å². The first-order chi connectivity index (χ1) is 9.33. The highest BCUT2D eigenvalue weighted by atomic mass is 79.9. The third kappa shape index (κ3) is 4.39. The van der Waals surface area contributed by atoms with Crippen molar-refractivity contribution >= 4 is 26.0 Å². The normalized spacial score (nSPS) is 13.3. The molecule has 0 aliphatic carbocycles. The molecule has 0 spiro atoms. The number of rotatable bonds is 5. The zero-order chi connectivity index (χ0) is 14.8. The van der Waals surface area contributed by atoms with Crippen LogP contribution in [0.15, 0.2) is 35.1 Å². The number of aryl methyl sites for hydroxylation is 1. The van der Waals surface area contributed by atoms with Crippen molar-refractivity contribution in [1.29, 1.82) is 0 Å². The Bertz CT molecular complexity index is 682. The van der Waals surface area contributed by atoms with Crippen LogP contribution in [0.3, 0.4) is 0 Å². The first-order valence-corrected chi connectivity index (χ1v) is 8.43. The van der Waals surface area contributed by atoms with Gasteiger partial charge in [0.2, 0.25) is 0 Å². The number of hydrogen-bond donors (Lipinski definition) is 0. The van der Waals surface area contributed by atoms with E-state index in [-0.39, 0.29) is 0 Å². The van der Waals surface area contributed by atoms with Gasteiger partial charge < -0.3 is 0 Å². The van der Waals surface area contributed by atoms with E-state index in [0.29, 0.717) is 12.1 Å². The Hall–Kier alpha value is -1.25. The fraction of sp³-hybridized carbons (Fsp3) is 0.333. The monoisotopic (exact) mass is 359 g/mol. The molecule has 0 aliphatic rings. The van der Waals surface area contributed by atoms with Crippen LogP contribution in [-0.2, 0) is 27.8 Å². The minimum absolute atomic E-state index is 0.336. The minimum atomic E-state index is -3.58. The van der Waals surface area contributed by atoms with Crippen molar-refractivity contribution < 1.29 is 12.6 Å². The fourth-order valence-electron chi connectivity index (χ4n) is 1.74. The van der Waals surface area contributed by atoms with Gasteiger partial charge in [0.15, 0.2) is 0 Å². The molecule has 0 bridgehead atoms. The van der Waals surface area contributed by atoms with E-state index in [1.54, 1.807) is 36.3 Å². The Labute approximate surface area is 126 Å². The zero-order valence-corrected chi connectivity index (χ0v) is 13.4. The molecule has 2 aromatic rings. The second-order valence-corrected chi connectivity index (χ2v) is 6.89. The van der Waals surface area contributed by atoms with Crippen LogP contribution in [-0.4, -0.2) is 29.4 Å². The lowest BCUT2D eigenvalue weighted by atomic mass is 10.1. The molecule has 1 atom stereocenters. The topological polar surface area (TPSA) is 74.1 Å². The Kier molecular flexibility index (Phi) is 4.56. The van der Waals surface area contributed by atoms with Crippen LogP contribution >= 0.6 is 15.9 Å². The van der Waals surface area contributed by atoms with Gasteiger partial charge in [-0.05, 0) is 34.1 Å². The molecule has 108 valence electrons. The van der Waals surface area contributed by atoms with Crippen molar-refractivity contribution in [2.75, 3.05) is 6.26 Å². The smallest absolute Gasteiger partial charge is 0.265 e. The molecule has 0 aliphatic heterocycles. The van der Waals surface area contributed by atoms with Crippen LogP contribution in [0.2, 0.25) is 0 Å². The summed E-state index contributed by atoms with van der Waals surface area (Å²) in [5, 5.41) is 4.23. The van der Waals surface area contributed by atoms with Crippen molar-refractivity contribution in [3.8, 4) is 0 Å². The van der Waals surface area contributed by atoms with Crippen LogP contribution in [0.4, 0.5) is 0 Å². The number of pyridine rings is 1. The Morgan fingerprint density at radius 3 is 2.65 bits per heavy atom. The van der Waals surface area contributed by atoms with Gasteiger partial charge in [-0.25, -0.2) is 0 Å². The average Bonchev–Trinajstić information content (AvgIpc) is 2.73. The van der Waals surface area contributed by atoms with Crippen LogP contribution < -0.4 is 0 Å². The van der Waals surface area contributed by atoms with Gasteiger partial charge in [-0.3, -0.25) is 13.8 Å². The van der Waals surface area contributed by atoms with Crippen molar-refractivity contribution in [3.05, 3.63) is 46.5 Å². The highest BCUT2D eigenvalue weighted by Crippen LogP contribution is 2.23. The molecule has 0 aromatic carbocycles. The molecule has 20 heavy (non-hydrogen) atoms. The average molecular weight is 360 g/mol. The molecule has 0 saturated carbocycles. The molecule has 2 heterocycles. The fourth-order valence-corrected chi connectivity index (χ4v) is 2.56. The summed E-state index contributed by atoms with van der Waals surface area (Å²) in [7, 11) is -1.78. The number of aromatic nitrogens is 3. The summed E-state index contributed by atoms with van der Waals surface area (Å²) in [6.45, 7) is 0. The number of halogens is 1. The van der Waals surface area contributed by atoms with E-state index in [1.165, 1.54) is 0 Å². The predicted molar refractivity (Wildman–Crippen MR) is 77.5 cm³/mol. The largest absolute Gasteiger partial charge is 0.276 e. The Morgan fingerprint density at radius 2 is 2.15 bits per heavy atom. The second-order valence-electron chi connectivity index (χ2n) is 4.38. The van der Waals surface area contributed by atoms with E-state index in [2.05, 4.69) is 26.0 Å². The first kappa shape index (κ1) is 15.1. The third-order valence-corrected chi connectivity index (χ3v) is 3.59. The molecule has 8 heteroatoms. The molecule has 6 nitrogen and oxygen atoms in total. The van der Waals surface area contributed by atoms with Crippen LogP contribution in [0, 0.1) is 0 Å². The molecule has 0 radical (unpaired) electrons. The molecule has 0 N–H and O–H groups in total. The zero-order valence-electron chi connectivity index (χ0n) is 11.0. The van der Waals surface area contributed by atoms with Crippen molar-refractivity contribution in [3.63, 3.8) is 0 Å². The van der Waals surface area contributed by atoms with E-state index in [1.807, 2.05) is 6.07 Å². The van der Waals surface area contributed by atoms with Crippen molar-refractivity contribution in [2.45, 2.75) is 12.5 Å². The van der Waals surface area contributed by atoms with E-state index in [0.717, 1.165) is 16.4 Å². The van der Waals surface area contributed by atoms with E-state index in [4.69, 9.17) is 4.18 Å². The summed E-state index contributed by atoms with van der Waals surface area (Å²) in [5.41, 5.74) is 1.29. The van der Waals surface area contributed by atoms with E-state index >= 15 is 0 Å². The Balaban J connectivity index is 2.26. The maximum absolute atomic E-state index is 11.4. The summed E-state index contributed by atoms with van der Waals surface area (Å²) in [6.07, 6.45) is 4.07. The molecular formula is C12H14BrN3O3S. The van der Waals surface area contributed by atoms with Gasteiger partial charge in [-0.15, -0.1) is 0 Å². The quantitative estimate of drug-likeness (QED) is 0.761. The lowest BCUT2D eigenvalue weighted by Gasteiger charge is -2.14. The lowest BCUT2D eigenvalue weighted by molar-refractivity contribution is 0.209. The minimum Gasteiger partial charge on any atom is -0.276 e. The van der Waals surface area contributed by atoms with Crippen LogP contribution in [0.5, 0.6) is 0 Å². The van der Waals surface area contributed by atoms with Gasteiger partial charge in [-0.2, -0.15) is 13.5 Å². The highest BCUT2D eigenvalue weighted by Gasteiger charge is 2.20. The Morgan fingerprint density at radius 1 is 1.40 bits per heavy atom. The van der Waals surface area contributed by atoms with E-state index < -0.39 is 16.2 Å². The van der Waals surface area contributed by atoms with Gasteiger partial charge in [0.05, 0.1) is 17.6 Å². The third-order valence-electron chi connectivity index (χ3n) is 2.53. The maximum atomic E-state index is 11.4. The molecule has 0 fully saturated rings. The molecule has 0 amide bonds. The van der Waals surface area contributed by atoms with Gasteiger partial charge in [0.25, 0.3) is 10.1 Å².